The first kappa shape index (κ1) is 12.6. The molecule has 3 rings (SSSR count). The lowest BCUT2D eigenvalue weighted by Crippen LogP contribution is -2.33. The van der Waals surface area contributed by atoms with Gasteiger partial charge in [0.25, 0.3) is 0 Å². The third-order valence-electron chi connectivity index (χ3n) is 3.92. The van der Waals surface area contributed by atoms with Crippen LogP contribution in [0.25, 0.3) is 0 Å². The molecule has 1 aromatic carbocycles. The van der Waals surface area contributed by atoms with Gasteiger partial charge in [-0.25, -0.2) is 0 Å². The number of nitrogens with one attached hydrogen (secondary N) is 1. The Labute approximate surface area is 116 Å². The Morgan fingerprint density at radius 3 is 2.68 bits per heavy atom. The molecule has 0 unspecified atom stereocenters. The van der Waals surface area contributed by atoms with E-state index in [-0.39, 0.29) is 17.8 Å². The summed E-state index contributed by atoms with van der Waals surface area (Å²) in [5, 5.41) is 4.85. The van der Waals surface area contributed by atoms with E-state index in [0.717, 1.165) is 5.56 Å². The molecule has 0 spiro atoms. The van der Waals surface area contributed by atoms with Gasteiger partial charge in [-0.3, -0.25) is 4.79 Å². The van der Waals surface area contributed by atoms with Crippen molar-refractivity contribution in [2.45, 2.75) is 31.5 Å². The van der Waals surface area contributed by atoms with Gasteiger partial charge in [-0.1, -0.05) is 23.7 Å². The fourth-order valence-electron chi connectivity index (χ4n) is 2.40. The maximum Gasteiger partial charge on any atom is 0.213 e. The molecule has 2 aliphatic rings. The zero-order chi connectivity index (χ0) is 13.6. The highest BCUT2D eigenvalue weighted by molar-refractivity contribution is 6.45. The minimum Gasteiger partial charge on any atom is -0.358 e. The molecule has 19 heavy (non-hydrogen) atoms. The summed E-state index contributed by atoms with van der Waals surface area (Å²) in [6.45, 7) is 4.35. The van der Waals surface area contributed by atoms with Gasteiger partial charge in [0.2, 0.25) is 5.78 Å². The van der Waals surface area contributed by atoms with Crippen molar-refractivity contribution in [3.8, 4) is 0 Å². The molecule has 3 atom stereocenters. The largest absolute Gasteiger partial charge is 0.358 e. The molecule has 0 aliphatic carbocycles. The number of epoxide rings is 1. The number of carbonyl (C=O) groups is 1. The second kappa shape index (κ2) is 4.32. The van der Waals surface area contributed by atoms with E-state index in [1.807, 2.05) is 38.1 Å². The monoisotopic (exact) mass is 278 g/mol. The van der Waals surface area contributed by atoms with Gasteiger partial charge < -0.3 is 10.2 Å². The van der Waals surface area contributed by atoms with Crippen molar-refractivity contribution in [2.75, 3.05) is 6.54 Å². The van der Waals surface area contributed by atoms with Crippen molar-refractivity contribution in [3.63, 3.8) is 0 Å². The van der Waals surface area contributed by atoms with Crippen LogP contribution in [0.1, 0.15) is 25.3 Å². The Balaban J connectivity index is 1.86. The molecule has 0 amide bonds. The predicted molar refractivity (Wildman–Crippen MR) is 73.6 cm³/mol. The van der Waals surface area contributed by atoms with Crippen LogP contribution in [0.4, 0.5) is 0 Å². The Morgan fingerprint density at radius 1 is 1.47 bits per heavy atom. The highest BCUT2D eigenvalue weighted by Crippen LogP contribution is 2.39. The molecule has 1 fully saturated rings. The summed E-state index contributed by atoms with van der Waals surface area (Å²) in [4.78, 5) is 12.5. The van der Waals surface area contributed by atoms with Crippen LogP contribution in [0.2, 0.25) is 5.02 Å². The number of ketones is 1. The van der Waals surface area contributed by atoms with Crippen LogP contribution in [0.3, 0.4) is 0 Å². The van der Waals surface area contributed by atoms with E-state index in [9.17, 15) is 4.79 Å². The number of hydrogen-bond acceptors (Lipinski definition) is 4. The quantitative estimate of drug-likeness (QED) is 0.862. The Bertz CT molecular complexity index is 555. The molecule has 0 radical (unpaired) electrons. The maximum atomic E-state index is 12.5. The number of ether oxygens (including phenoxy) is 1. The first-order valence-corrected chi connectivity index (χ1v) is 6.68. The average molecular weight is 279 g/mol. The van der Waals surface area contributed by atoms with Crippen molar-refractivity contribution in [1.82, 2.24) is 5.43 Å². The fraction of sp³-hybridized carbons (Fsp3) is 0.429. The van der Waals surface area contributed by atoms with Crippen LogP contribution < -0.4 is 5.43 Å². The first-order valence-electron chi connectivity index (χ1n) is 6.31. The van der Waals surface area contributed by atoms with E-state index >= 15 is 0 Å². The summed E-state index contributed by atoms with van der Waals surface area (Å²) in [6, 6.07) is 7.52. The highest BCUT2D eigenvalue weighted by Gasteiger charge is 2.57. The summed E-state index contributed by atoms with van der Waals surface area (Å²) < 4.78 is 5.40. The number of Topliss-reactive ketones (excluding diaryl/α,β-unsaturated/α-hetero) is 1. The summed E-state index contributed by atoms with van der Waals surface area (Å²) >= 11 is 5.89. The smallest absolute Gasteiger partial charge is 0.213 e. The fourth-order valence-corrected chi connectivity index (χ4v) is 2.53. The second-order valence-corrected chi connectivity index (χ2v) is 5.60. The van der Waals surface area contributed by atoms with Crippen LogP contribution in [-0.4, -0.2) is 29.7 Å². The Kier molecular flexibility index (Phi) is 2.87. The van der Waals surface area contributed by atoms with Gasteiger partial charge in [0, 0.05) is 11.6 Å². The Hall–Kier alpha value is -1.39. The Morgan fingerprint density at radius 2 is 2.11 bits per heavy atom. The number of hydrazone groups is 1. The zero-order valence-electron chi connectivity index (χ0n) is 10.8. The van der Waals surface area contributed by atoms with Crippen LogP contribution in [-0.2, 0) is 9.53 Å². The summed E-state index contributed by atoms with van der Waals surface area (Å²) in [6.07, 6.45) is -0.0332. The maximum absolute atomic E-state index is 12.5. The molecule has 0 saturated carbocycles. The minimum atomic E-state index is -0.699. The molecule has 0 bridgehead atoms. The number of benzene rings is 1. The van der Waals surface area contributed by atoms with Crippen molar-refractivity contribution >= 4 is 23.1 Å². The van der Waals surface area contributed by atoms with Crippen LogP contribution in [0, 0.1) is 0 Å². The topological polar surface area (TPSA) is 54.0 Å². The van der Waals surface area contributed by atoms with Crippen molar-refractivity contribution < 1.29 is 9.53 Å². The number of hydrogen-bond donors (Lipinski definition) is 1. The van der Waals surface area contributed by atoms with Crippen molar-refractivity contribution in [3.05, 3.63) is 34.9 Å². The van der Waals surface area contributed by atoms with Crippen LogP contribution in [0.15, 0.2) is 29.4 Å². The highest BCUT2D eigenvalue weighted by atomic mass is 35.5. The summed E-state index contributed by atoms with van der Waals surface area (Å²) in [7, 11) is 0. The third-order valence-corrected chi connectivity index (χ3v) is 4.17. The standard InChI is InChI=1S/C14H15ClN2O2/c1-8-14(2,19-8)13(18)12-11(7-16-17-12)9-3-5-10(15)6-4-9/h3-6,8,11,16H,7H2,1-2H3/t8-,11+,14+/m0/s1. The number of carbonyl (C=O) groups excluding carboxylic acids is 1. The SMILES string of the molecule is C[C@@H]1O[C@@]1(C)C(=O)C1=NNC[C@@H]1c1ccc(Cl)cc1. The molecule has 1 aromatic rings. The zero-order valence-corrected chi connectivity index (χ0v) is 11.6. The van der Waals surface area contributed by atoms with Gasteiger partial charge >= 0.3 is 0 Å². The molecular weight excluding hydrogens is 264 g/mol. The molecule has 100 valence electrons. The van der Waals surface area contributed by atoms with Gasteiger partial charge in [-0.15, -0.1) is 0 Å². The van der Waals surface area contributed by atoms with Crippen molar-refractivity contribution in [1.29, 1.82) is 0 Å². The second-order valence-electron chi connectivity index (χ2n) is 5.16. The van der Waals surface area contributed by atoms with E-state index in [2.05, 4.69) is 10.5 Å². The summed E-state index contributed by atoms with van der Waals surface area (Å²) in [5.74, 6) is -0.0528. The van der Waals surface area contributed by atoms with E-state index in [1.54, 1.807) is 0 Å². The molecule has 4 nitrogen and oxygen atoms in total. The molecule has 2 heterocycles. The molecule has 2 aliphatic heterocycles. The summed E-state index contributed by atoms with van der Waals surface area (Å²) in [5.41, 5.74) is 3.80. The average Bonchev–Trinajstić information content (AvgIpc) is 2.82. The van der Waals surface area contributed by atoms with Crippen LogP contribution >= 0.6 is 11.6 Å². The number of rotatable bonds is 3. The lowest BCUT2D eigenvalue weighted by Gasteiger charge is -2.13. The van der Waals surface area contributed by atoms with Crippen molar-refractivity contribution in [2.24, 2.45) is 5.10 Å². The molecule has 1 N–H and O–H groups in total. The lowest BCUT2D eigenvalue weighted by atomic mass is 9.87. The van der Waals surface area contributed by atoms with Gasteiger partial charge in [0.05, 0.1) is 12.0 Å². The van der Waals surface area contributed by atoms with E-state index in [4.69, 9.17) is 16.3 Å². The normalized spacial score (nSPS) is 32.7. The van der Waals surface area contributed by atoms with Crippen LogP contribution in [0.5, 0.6) is 0 Å². The number of nitrogens with zero attached hydrogens (tertiary/aromatic N) is 1. The molecule has 1 saturated heterocycles. The van der Waals surface area contributed by atoms with Gasteiger partial charge in [0.15, 0.2) is 5.60 Å². The van der Waals surface area contributed by atoms with E-state index in [0.29, 0.717) is 17.3 Å². The molecule has 5 heteroatoms. The van der Waals surface area contributed by atoms with E-state index < -0.39 is 5.60 Å². The molecular formula is C14H15ClN2O2. The van der Waals surface area contributed by atoms with Gasteiger partial charge in [-0.2, -0.15) is 5.10 Å². The van der Waals surface area contributed by atoms with Gasteiger partial charge in [-0.05, 0) is 31.5 Å². The molecule has 0 aromatic heterocycles. The van der Waals surface area contributed by atoms with Gasteiger partial charge in [0.1, 0.15) is 5.71 Å². The number of halogens is 1. The minimum absolute atomic E-state index is 0.0232. The lowest BCUT2D eigenvalue weighted by molar-refractivity contribution is -0.117. The predicted octanol–water partition coefficient (Wildman–Crippen LogP) is 2.13. The third kappa shape index (κ3) is 2.05. The first-order chi connectivity index (χ1) is 9.02. The van der Waals surface area contributed by atoms with E-state index in [1.165, 1.54) is 0 Å².